The first-order valence-electron chi connectivity index (χ1n) is 4.17. The second kappa shape index (κ2) is 4.98. The maximum Gasteiger partial charge on any atom is 0.165 e. The van der Waals surface area contributed by atoms with Crippen molar-refractivity contribution >= 4 is 23.4 Å². The molecule has 4 heteroatoms. The second-order valence-corrected chi connectivity index (χ2v) is 3.16. The lowest BCUT2D eigenvalue weighted by Gasteiger charge is -2.02. The lowest BCUT2D eigenvalue weighted by molar-refractivity contribution is 0.303. The van der Waals surface area contributed by atoms with E-state index in [4.69, 9.17) is 22.4 Å². The summed E-state index contributed by atoms with van der Waals surface area (Å²) in [4.78, 5) is 0. The lowest BCUT2D eigenvalue weighted by Crippen LogP contribution is -1.92. The van der Waals surface area contributed by atoms with Gasteiger partial charge in [0.05, 0.1) is 10.7 Å². The Balaban J connectivity index is 2.94. The Morgan fingerprint density at radius 3 is 2.86 bits per heavy atom. The van der Waals surface area contributed by atoms with Gasteiger partial charge < -0.3 is 10.8 Å². The summed E-state index contributed by atoms with van der Waals surface area (Å²) in [6.45, 7) is 0.0611. The van der Waals surface area contributed by atoms with E-state index < -0.39 is 5.82 Å². The van der Waals surface area contributed by atoms with Gasteiger partial charge in [-0.25, -0.2) is 4.39 Å². The van der Waals surface area contributed by atoms with Crippen LogP contribution in [0.2, 0.25) is 5.02 Å². The van der Waals surface area contributed by atoms with Crippen LogP contribution in [0.25, 0.3) is 6.08 Å². The Labute approximate surface area is 86.8 Å². The number of rotatable bonds is 3. The molecule has 0 fully saturated rings. The van der Waals surface area contributed by atoms with Gasteiger partial charge in [0.1, 0.15) is 0 Å². The minimum Gasteiger partial charge on any atom is -0.396 e. The van der Waals surface area contributed by atoms with Crippen LogP contribution in [0.4, 0.5) is 10.1 Å². The molecular formula is C10H11ClFNO. The van der Waals surface area contributed by atoms with E-state index in [1.54, 1.807) is 18.2 Å². The summed E-state index contributed by atoms with van der Waals surface area (Å²) >= 11 is 5.71. The number of nitrogen functional groups attached to an aromatic ring is 1. The maximum atomic E-state index is 13.2. The van der Waals surface area contributed by atoms with E-state index in [-0.39, 0.29) is 17.3 Å². The van der Waals surface area contributed by atoms with Gasteiger partial charge in [-0.15, -0.1) is 0 Å². The molecule has 0 aliphatic heterocycles. The average molecular weight is 216 g/mol. The van der Waals surface area contributed by atoms with Crippen molar-refractivity contribution in [3.8, 4) is 0 Å². The van der Waals surface area contributed by atoms with Gasteiger partial charge >= 0.3 is 0 Å². The molecule has 3 N–H and O–H groups in total. The molecule has 2 nitrogen and oxygen atoms in total. The number of hydrogen-bond donors (Lipinski definition) is 2. The largest absolute Gasteiger partial charge is 0.396 e. The lowest BCUT2D eigenvalue weighted by atomic mass is 10.1. The smallest absolute Gasteiger partial charge is 0.165 e. The van der Waals surface area contributed by atoms with Crippen LogP contribution in [0.15, 0.2) is 18.2 Å². The van der Waals surface area contributed by atoms with Crippen LogP contribution in [-0.2, 0) is 0 Å². The van der Waals surface area contributed by atoms with Crippen molar-refractivity contribution in [1.29, 1.82) is 0 Å². The first-order valence-corrected chi connectivity index (χ1v) is 4.55. The molecule has 0 spiro atoms. The molecule has 0 unspecified atom stereocenters. The zero-order valence-corrected chi connectivity index (χ0v) is 8.26. The number of aliphatic hydroxyl groups excluding tert-OH is 1. The SMILES string of the molecule is Nc1ccc(C=CCCO)c(Cl)c1F. The minimum atomic E-state index is -0.599. The van der Waals surface area contributed by atoms with E-state index in [9.17, 15) is 4.39 Å². The molecule has 0 atom stereocenters. The molecule has 0 saturated carbocycles. The van der Waals surface area contributed by atoms with Crippen molar-refractivity contribution in [2.24, 2.45) is 0 Å². The van der Waals surface area contributed by atoms with Crippen LogP contribution < -0.4 is 5.73 Å². The molecule has 0 radical (unpaired) electrons. The van der Waals surface area contributed by atoms with Gasteiger partial charge in [0.2, 0.25) is 0 Å². The van der Waals surface area contributed by atoms with E-state index in [1.165, 1.54) is 6.07 Å². The summed E-state index contributed by atoms with van der Waals surface area (Å²) in [5, 5.41) is 8.55. The summed E-state index contributed by atoms with van der Waals surface area (Å²) in [6.07, 6.45) is 3.89. The maximum absolute atomic E-state index is 13.2. The molecule has 0 aliphatic rings. The Hall–Kier alpha value is -1.06. The zero-order chi connectivity index (χ0) is 10.6. The summed E-state index contributed by atoms with van der Waals surface area (Å²) in [6, 6.07) is 3.09. The predicted octanol–water partition coefficient (Wildman–Crippen LogP) is 2.46. The summed E-state index contributed by atoms with van der Waals surface area (Å²) in [5.74, 6) is -0.599. The molecule has 14 heavy (non-hydrogen) atoms. The normalized spacial score (nSPS) is 11.1. The second-order valence-electron chi connectivity index (χ2n) is 2.79. The highest BCUT2D eigenvalue weighted by Crippen LogP contribution is 2.25. The zero-order valence-electron chi connectivity index (χ0n) is 7.50. The van der Waals surface area contributed by atoms with Crippen molar-refractivity contribution in [2.75, 3.05) is 12.3 Å². The van der Waals surface area contributed by atoms with Crippen molar-refractivity contribution in [2.45, 2.75) is 6.42 Å². The number of aliphatic hydroxyl groups is 1. The average Bonchev–Trinajstić information content (AvgIpc) is 2.18. The monoisotopic (exact) mass is 215 g/mol. The van der Waals surface area contributed by atoms with Crippen molar-refractivity contribution in [3.63, 3.8) is 0 Å². The van der Waals surface area contributed by atoms with Gasteiger partial charge in [-0.2, -0.15) is 0 Å². The molecule has 76 valence electrons. The fraction of sp³-hybridized carbons (Fsp3) is 0.200. The van der Waals surface area contributed by atoms with Gasteiger partial charge in [-0.1, -0.05) is 29.8 Å². The third kappa shape index (κ3) is 2.47. The topological polar surface area (TPSA) is 46.2 Å². The Morgan fingerprint density at radius 2 is 2.21 bits per heavy atom. The van der Waals surface area contributed by atoms with Gasteiger partial charge in [0.15, 0.2) is 5.82 Å². The Bertz CT molecular complexity index is 352. The van der Waals surface area contributed by atoms with Crippen LogP contribution in [0.1, 0.15) is 12.0 Å². The highest BCUT2D eigenvalue weighted by atomic mass is 35.5. The summed E-state index contributed by atoms with van der Waals surface area (Å²) in [5.41, 5.74) is 5.92. The van der Waals surface area contributed by atoms with Gasteiger partial charge in [-0.05, 0) is 18.1 Å². The third-order valence-electron chi connectivity index (χ3n) is 1.74. The number of anilines is 1. The highest BCUT2D eigenvalue weighted by molar-refractivity contribution is 6.32. The first-order chi connectivity index (χ1) is 6.66. The van der Waals surface area contributed by atoms with E-state index in [1.807, 2.05) is 0 Å². The standard InChI is InChI=1S/C10H11ClFNO/c11-9-7(3-1-2-6-14)4-5-8(13)10(9)12/h1,3-5,14H,2,6,13H2. The number of benzene rings is 1. The van der Waals surface area contributed by atoms with E-state index in [2.05, 4.69) is 0 Å². The Morgan fingerprint density at radius 1 is 1.50 bits per heavy atom. The fourth-order valence-corrected chi connectivity index (χ4v) is 1.23. The first kappa shape index (κ1) is 11.0. The molecule has 0 heterocycles. The van der Waals surface area contributed by atoms with Crippen LogP contribution in [0.3, 0.4) is 0 Å². The number of hydrogen-bond acceptors (Lipinski definition) is 2. The molecule has 0 bridgehead atoms. The molecule has 0 aromatic heterocycles. The Kier molecular flexibility index (Phi) is 3.92. The molecule has 0 amide bonds. The number of nitrogens with two attached hydrogens (primary N) is 1. The van der Waals surface area contributed by atoms with Crippen molar-refractivity contribution < 1.29 is 9.50 Å². The van der Waals surface area contributed by atoms with Crippen LogP contribution >= 0.6 is 11.6 Å². The summed E-state index contributed by atoms with van der Waals surface area (Å²) < 4.78 is 13.2. The van der Waals surface area contributed by atoms with E-state index in [0.29, 0.717) is 12.0 Å². The van der Waals surface area contributed by atoms with Gasteiger partial charge in [0, 0.05) is 6.61 Å². The molecule has 0 saturated heterocycles. The van der Waals surface area contributed by atoms with E-state index >= 15 is 0 Å². The number of halogens is 2. The quantitative estimate of drug-likeness (QED) is 0.761. The van der Waals surface area contributed by atoms with Crippen LogP contribution in [-0.4, -0.2) is 11.7 Å². The van der Waals surface area contributed by atoms with Gasteiger partial charge in [0.25, 0.3) is 0 Å². The van der Waals surface area contributed by atoms with Gasteiger partial charge in [-0.3, -0.25) is 0 Å². The van der Waals surface area contributed by atoms with Crippen molar-refractivity contribution in [3.05, 3.63) is 34.6 Å². The molecular weight excluding hydrogens is 205 g/mol. The minimum absolute atomic E-state index is 0.0131. The molecule has 1 aromatic carbocycles. The van der Waals surface area contributed by atoms with Crippen molar-refractivity contribution in [1.82, 2.24) is 0 Å². The van der Waals surface area contributed by atoms with Crippen LogP contribution in [0.5, 0.6) is 0 Å². The molecule has 1 rings (SSSR count). The third-order valence-corrected chi connectivity index (χ3v) is 2.12. The predicted molar refractivity (Wildman–Crippen MR) is 56.6 cm³/mol. The molecule has 1 aromatic rings. The van der Waals surface area contributed by atoms with Crippen LogP contribution in [0, 0.1) is 5.82 Å². The highest BCUT2D eigenvalue weighted by Gasteiger charge is 2.06. The molecule has 0 aliphatic carbocycles. The fourth-order valence-electron chi connectivity index (χ4n) is 0.993. The van der Waals surface area contributed by atoms with E-state index in [0.717, 1.165) is 0 Å². The summed E-state index contributed by atoms with van der Waals surface area (Å²) in [7, 11) is 0.